The summed E-state index contributed by atoms with van der Waals surface area (Å²) in [4.78, 5) is 26.6. The highest BCUT2D eigenvalue weighted by Crippen LogP contribution is 2.38. The first-order valence-corrected chi connectivity index (χ1v) is 10.3. The number of nitrogens with zero attached hydrogens (tertiary/aromatic N) is 1. The van der Waals surface area contributed by atoms with Crippen LogP contribution in [-0.2, 0) is 9.84 Å². The molecule has 2 aromatic rings. The van der Waals surface area contributed by atoms with Gasteiger partial charge in [-0.15, -0.1) is 0 Å². The molecule has 0 saturated heterocycles. The van der Waals surface area contributed by atoms with E-state index in [0.717, 1.165) is 5.56 Å². The van der Waals surface area contributed by atoms with Crippen LogP contribution in [0.1, 0.15) is 39.1 Å². The van der Waals surface area contributed by atoms with E-state index in [2.05, 4.69) is 0 Å². The van der Waals surface area contributed by atoms with Crippen LogP contribution in [0.2, 0.25) is 0 Å². The summed E-state index contributed by atoms with van der Waals surface area (Å²) in [6, 6.07) is 13.5. The molecule has 26 heavy (non-hydrogen) atoms. The van der Waals surface area contributed by atoms with Crippen LogP contribution in [0.25, 0.3) is 0 Å². The van der Waals surface area contributed by atoms with Crippen LogP contribution in [-0.4, -0.2) is 36.9 Å². The third-order valence-corrected chi connectivity index (χ3v) is 7.09. The van der Waals surface area contributed by atoms with E-state index in [1.807, 2.05) is 13.0 Å². The van der Waals surface area contributed by atoms with Crippen molar-refractivity contribution < 1.29 is 18.0 Å². The van der Waals surface area contributed by atoms with Gasteiger partial charge >= 0.3 is 0 Å². The van der Waals surface area contributed by atoms with Crippen LogP contribution in [0.3, 0.4) is 0 Å². The zero-order valence-corrected chi connectivity index (χ0v) is 15.2. The Morgan fingerprint density at radius 1 is 0.962 bits per heavy atom. The van der Waals surface area contributed by atoms with E-state index in [1.165, 1.54) is 4.90 Å². The predicted octanol–water partition coefficient (Wildman–Crippen LogP) is 2.84. The average Bonchev–Trinajstić information content (AvgIpc) is 2.83. The van der Waals surface area contributed by atoms with Gasteiger partial charge in [0.25, 0.3) is 11.8 Å². The summed E-state index contributed by atoms with van der Waals surface area (Å²) in [5.74, 6) is -0.517. The van der Waals surface area contributed by atoms with Gasteiger partial charge in [-0.1, -0.05) is 24.3 Å². The Hall–Kier alpha value is -2.47. The normalized spacial score (nSPS) is 22.3. The third-order valence-electron chi connectivity index (χ3n) is 5.21. The van der Waals surface area contributed by atoms with E-state index >= 15 is 0 Å². The maximum absolute atomic E-state index is 12.6. The number of aryl methyl sites for hydroxylation is 1. The number of fused-ring (bicyclic) bond motifs is 1. The fourth-order valence-corrected chi connectivity index (χ4v) is 5.54. The Labute approximate surface area is 152 Å². The van der Waals surface area contributed by atoms with Gasteiger partial charge < -0.3 is 0 Å². The van der Waals surface area contributed by atoms with Crippen molar-refractivity contribution >= 4 is 21.7 Å². The molecule has 5 nitrogen and oxygen atoms in total. The van der Waals surface area contributed by atoms with Crippen LogP contribution < -0.4 is 0 Å². The van der Waals surface area contributed by atoms with Gasteiger partial charge in [-0.3, -0.25) is 14.5 Å². The lowest BCUT2D eigenvalue weighted by Gasteiger charge is -2.39. The molecule has 6 heteroatoms. The monoisotopic (exact) mass is 369 g/mol. The highest BCUT2D eigenvalue weighted by molar-refractivity contribution is 7.91. The molecule has 1 heterocycles. The van der Waals surface area contributed by atoms with Crippen molar-refractivity contribution in [1.82, 2.24) is 4.90 Å². The van der Waals surface area contributed by atoms with Crippen molar-refractivity contribution in [3.63, 3.8) is 0 Å². The molecule has 0 bridgehead atoms. The Morgan fingerprint density at radius 3 is 2.15 bits per heavy atom. The number of benzene rings is 2. The average molecular weight is 369 g/mol. The molecule has 0 radical (unpaired) electrons. The molecule has 2 amide bonds. The van der Waals surface area contributed by atoms with Crippen LogP contribution in [0, 0.1) is 12.8 Å². The van der Waals surface area contributed by atoms with Crippen LogP contribution in [0.5, 0.6) is 0 Å². The van der Waals surface area contributed by atoms with Gasteiger partial charge in [0.1, 0.15) is 0 Å². The van der Waals surface area contributed by atoms with Crippen molar-refractivity contribution in [2.24, 2.45) is 5.92 Å². The van der Waals surface area contributed by atoms with Crippen molar-refractivity contribution in [1.29, 1.82) is 0 Å². The molecule has 4 rings (SSSR count). The quantitative estimate of drug-likeness (QED) is 0.777. The van der Waals surface area contributed by atoms with Crippen molar-refractivity contribution in [3.05, 3.63) is 65.2 Å². The molecule has 2 aliphatic rings. The van der Waals surface area contributed by atoms with E-state index in [1.54, 1.807) is 42.5 Å². The second-order valence-corrected chi connectivity index (χ2v) is 9.15. The van der Waals surface area contributed by atoms with E-state index in [4.69, 9.17) is 0 Å². The maximum atomic E-state index is 12.6. The van der Waals surface area contributed by atoms with E-state index < -0.39 is 9.84 Å². The summed E-state index contributed by atoms with van der Waals surface area (Å²) >= 11 is 0. The van der Waals surface area contributed by atoms with Gasteiger partial charge in [0.2, 0.25) is 0 Å². The number of imide groups is 1. The standard InChI is InChI=1S/C20H19NO4S/c1-13-5-4-6-16(9-13)26(24,25)12-14-10-15(11-14)21-19(22)17-7-2-3-8-18(17)20(21)23/h2-9,14-15H,10-12H2,1H3/t14-,15-. The highest BCUT2D eigenvalue weighted by Gasteiger charge is 2.45. The van der Waals surface area contributed by atoms with Gasteiger partial charge in [0.15, 0.2) is 9.84 Å². The highest BCUT2D eigenvalue weighted by atomic mass is 32.2. The molecular formula is C20H19NO4S. The first-order chi connectivity index (χ1) is 12.4. The lowest BCUT2D eigenvalue weighted by Crippen LogP contribution is -2.49. The summed E-state index contributed by atoms with van der Waals surface area (Å²) in [6.07, 6.45) is 1.08. The van der Waals surface area contributed by atoms with Gasteiger partial charge in [0.05, 0.1) is 21.8 Å². The Bertz CT molecular complexity index is 971. The zero-order chi connectivity index (χ0) is 18.5. The lowest BCUT2D eigenvalue weighted by molar-refractivity contribution is 0.0439. The molecule has 0 spiro atoms. The number of carbonyl (C=O) groups is 2. The summed E-state index contributed by atoms with van der Waals surface area (Å²) in [5, 5.41) is 0. The summed E-state index contributed by atoms with van der Waals surface area (Å²) in [7, 11) is -3.36. The molecular weight excluding hydrogens is 350 g/mol. The smallest absolute Gasteiger partial charge is 0.261 e. The van der Waals surface area contributed by atoms with Gasteiger partial charge in [-0.2, -0.15) is 0 Å². The summed E-state index contributed by atoms with van der Waals surface area (Å²) in [5.41, 5.74) is 1.78. The van der Waals surface area contributed by atoms with E-state index in [-0.39, 0.29) is 29.5 Å². The number of carbonyl (C=O) groups excluding carboxylic acids is 2. The summed E-state index contributed by atoms with van der Waals surface area (Å²) in [6.45, 7) is 1.86. The van der Waals surface area contributed by atoms with E-state index in [0.29, 0.717) is 28.9 Å². The Kier molecular flexibility index (Phi) is 3.95. The number of rotatable bonds is 4. The number of hydrogen-bond acceptors (Lipinski definition) is 4. The largest absolute Gasteiger partial charge is 0.271 e. The second kappa shape index (κ2) is 6.06. The minimum absolute atomic E-state index is 0.0326. The van der Waals surface area contributed by atoms with Crippen molar-refractivity contribution in [2.75, 3.05) is 5.75 Å². The third kappa shape index (κ3) is 2.74. The van der Waals surface area contributed by atoms with Crippen LogP contribution in [0.15, 0.2) is 53.4 Å². The molecule has 0 aromatic heterocycles. The molecule has 2 aromatic carbocycles. The van der Waals surface area contributed by atoms with Crippen LogP contribution >= 0.6 is 0 Å². The minimum atomic E-state index is -3.36. The fraction of sp³-hybridized carbons (Fsp3) is 0.300. The Balaban J connectivity index is 1.44. The topological polar surface area (TPSA) is 71.5 Å². The first kappa shape index (κ1) is 17.0. The molecule has 0 N–H and O–H groups in total. The number of amides is 2. The fourth-order valence-electron chi connectivity index (χ4n) is 3.80. The lowest BCUT2D eigenvalue weighted by atomic mass is 9.80. The zero-order valence-electron chi connectivity index (χ0n) is 14.4. The maximum Gasteiger partial charge on any atom is 0.261 e. The summed E-state index contributed by atoms with van der Waals surface area (Å²) < 4.78 is 25.2. The molecule has 134 valence electrons. The van der Waals surface area contributed by atoms with Gasteiger partial charge in [-0.25, -0.2) is 8.42 Å². The molecule has 1 fully saturated rings. The van der Waals surface area contributed by atoms with Gasteiger partial charge in [0, 0.05) is 6.04 Å². The van der Waals surface area contributed by atoms with Crippen molar-refractivity contribution in [3.8, 4) is 0 Å². The Morgan fingerprint density at radius 2 is 1.58 bits per heavy atom. The van der Waals surface area contributed by atoms with Crippen LogP contribution in [0.4, 0.5) is 0 Å². The molecule has 0 atom stereocenters. The first-order valence-electron chi connectivity index (χ1n) is 8.63. The predicted molar refractivity (Wildman–Crippen MR) is 96.7 cm³/mol. The van der Waals surface area contributed by atoms with Crippen molar-refractivity contribution in [2.45, 2.75) is 30.7 Å². The molecule has 1 saturated carbocycles. The number of sulfone groups is 1. The van der Waals surface area contributed by atoms with Gasteiger partial charge in [-0.05, 0) is 55.5 Å². The number of hydrogen-bond donors (Lipinski definition) is 0. The second-order valence-electron chi connectivity index (χ2n) is 7.12. The molecule has 0 unspecified atom stereocenters. The molecule has 1 aliphatic heterocycles. The molecule has 1 aliphatic carbocycles. The van der Waals surface area contributed by atoms with E-state index in [9.17, 15) is 18.0 Å². The SMILES string of the molecule is Cc1cccc(S(=O)(=O)C[C@H]2C[C@H](N3C(=O)c4ccccc4C3=O)C2)c1. The minimum Gasteiger partial charge on any atom is -0.271 e.